The van der Waals surface area contributed by atoms with Crippen LogP contribution in [0.15, 0.2) is 53.3 Å². The minimum Gasteiger partial charge on any atom is -0.349 e. The van der Waals surface area contributed by atoms with Crippen molar-refractivity contribution in [3.8, 4) is 0 Å². The fraction of sp³-hybridized carbons (Fsp3) is 0.385. The molecule has 190 valence electrons. The summed E-state index contributed by atoms with van der Waals surface area (Å²) in [7, 11) is 0. The normalized spacial score (nSPS) is 14.5. The number of hydrogen-bond acceptors (Lipinski definition) is 6. The van der Waals surface area contributed by atoms with Crippen molar-refractivity contribution in [3.63, 3.8) is 0 Å². The molecule has 3 amide bonds. The fourth-order valence-corrected chi connectivity index (χ4v) is 4.16. The molecule has 1 aliphatic heterocycles. The van der Waals surface area contributed by atoms with Crippen molar-refractivity contribution in [1.29, 1.82) is 0 Å². The van der Waals surface area contributed by atoms with Crippen LogP contribution >= 0.6 is 0 Å². The van der Waals surface area contributed by atoms with Gasteiger partial charge in [-0.3, -0.25) is 14.5 Å². The zero-order valence-electron chi connectivity index (χ0n) is 20.5. The van der Waals surface area contributed by atoms with Gasteiger partial charge >= 0.3 is 6.03 Å². The van der Waals surface area contributed by atoms with E-state index >= 15 is 0 Å². The van der Waals surface area contributed by atoms with Gasteiger partial charge < -0.3 is 25.8 Å². The third kappa shape index (κ3) is 6.89. The number of anilines is 1. The molecular formula is C26H33N7O3. The molecule has 0 atom stereocenters. The Hall–Kier alpha value is -3.76. The van der Waals surface area contributed by atoms with Crippen LogP contribution in [-0.4, -0.2) is 77.5 Å². The Bertz CT molecular complexity index is 1230. The summed E-state index contributed by atoms with van der Waals surface area (Å²) in [4.78, 5) is 48.2. The number of nitrogens with zero attached hydrogens (tertiary/aromatic N) is 3. The number of aromatic amines is 1. The fourth-order valence-electron chi connectivity index (χ4n) is 4.16. The molecule has 2 aromatic carbocycles. The third-order valence-electron chi connectivity index (χ3n) is 6.28. The number of piperazine rings is 1. The first-order valence-corrected chi connectivity index (χ1v) is 12.4. The van der Waals surface area contributed by atoms with E-state index in [0.717, 1.165) is 45.0 Å². The number of rotatable bonds is 9. The van der Waals surface area contributed by atoms with Crippen LogP contribution in [0.3, 0.4) is 0 Å². The highest BCUT2D eigenvalue weighted by Gasteiger charge is 2.15. The number of hydrogen-bond donors (Lipinski definition) is 4. The summed E-state index contributed by atoms with van der Waals surface area (Å²) in [5, 5.41) is 8.75. The van der Waals surface area contributed by atoms with Gasteiger partial charge in [0, 0.05) is 51.5 Å². The molecule has 1 aliphatic rings. The molecule has 0 radical (unpaired) electrons. The van der Waals surface area contributed by atoms with Crippen LogP contribution in [-0.2, 0) is 6.54 Å². The van der Waals surface area contributed by atoms with Gasteiger partial charge in [0.1, 0.15) is 0 Å². The predicted molar refractivity (Wildman–Crippen MR) is 140 cm³/mol. The van der Waals surface area contributed by atoms with E-state index in [1.165, 1.54) is 5.56 Å². The first-order chi connectivity index (χ1) is 17.5. The standard InChI is InChI=1S/C26H33N7O3/c1-2-32-14-16-33(17-15-32)18-19-8-10-20(11-9-19)29-26(36)28-13-5-12-27-25(35)23-30-22-7-4-3-6-21(22)24(34)31-23/h3-4,6-11H,2,5,12-18H2,1H3,(H,27,35)(H2,28,29,36)(H,30,31,34). The number of benzene rings is 2. The van der Waals surface area contributed by atoms with Crippen molar-refractivity contribution < 1.29 is 9.59 Å². The highest BCUT2D eigenvalue weighted by molar-refractivity contribution is 5.92. The molecule has 0 saturated carbocycles. The first-order valence-electron chi connectivity index (χ1n) is 12.4. The Labute approximate surface area is 210 Å². The summed E-state index contributed by atoms with van der Waals surface area (Å²) in [6.07, 6.45) is 0.529. The average molecular weight is 492 g/mol. The molecule has 0 bridgehead atoms. The van der Waals surface area contributed by atoms with Gasteiger partial charge in [-0.05, 0) is 42.8 Å². The lowest BCUT2D eigenvalue weighted by atomic mass is 10.2. The number of likely N-dealkylation sites (N-methyl/N-ethyl adjacent to an activating group) is 1. The largest absolute Gasteiger partial charge is 0.349 e. The number of urea groups is 1. The zero-order valence-corrected chi connectivity index (χ0v) is 20.5. The molecular weight excluding hydrogens is 458 g/mol. The molecule has 0 aliphatic carbocycles. The Morgan fingerprint density at radius 2 is 1.64 bits per heavy atom. The summed E-state index contributed by atoms with van der Waals surface area (Å²) >= 11 is 0. The summed E-state index contributed by atoms with van der Waals surface area (Å²) in [6, 6.07) is 14.5. The molecule has 10 nitrogen and oxygen atoms in total. The van der Waals surface area contributed by atoms with E-state index in [9.17, 15) is 14.4 Å². The minimum atomic E-state index is -0.463. The van der Waals surface area contributed by atoms with Crippen molar-refractivity contribution in [1.82, 2.24) is 30.4 Å². The van der Waals surface area contributed by atoms with Gasteiger partial charge in [0.15, 0.2) is 5.82 Å². The minimum absolute atomic E-state index is 0.0314. The van der Waals surface area contributed by atoms with Gasteiger partial charge in [-0.15, -0.1) is 0 Å². The summed E-state index contributed by atoms with van der Waals surface area (Å²) < 4.78 is 0. The lowest BCUT2D eigenvalue weighted by Crippen LogP contribution is -2.45. The van der Waals surface area contributed by atoms with E-state index in [2.05, 4.69) is 42.6 Å². The molecule has 36 heavy (non-hydrogen) atoms. The maximum Gasteiger partial charge on any atom is 0.319 e. The first kappa shape index (κ1) is 25.3. The van der Waals surface area contributed by atoms with Crippen molar-refractivity contribution in [2.45, 2.75) is 19.9 Å². The number of carbonyl (C=O) groups excluding carboxylic acids is 2. The van der Waals surface area contributed by atoms with E-state index in [-0.39, 0.29) is 17.4 Å². The summed E-state index contributed by atoms with van der Waals surface area (Å²) in [5.41, 5.74) is 2.06. The van der Waals surface area contributed by atoms with Crippen LogP contribution in [0.2, 0.25) is 0 Å². The van der Waals surface area contributed by atoms with E-state index in [0.29, 0.717) is 30.4 Å². The summed E-state index contributed by atoms with van der Waals surface area (Å²) in [6.45, 7) is 9.31. The highest BCUT2D eigenvalue weighted by atomic mass is 16.2. The zero-order chi connectivity index (χ0) is 25.3. The maximum absolute atomic E-state index is 12.3. The number of carbonyl (C=O) groups is 2. The second-order valence-electron chi connectivity index (χ2n) is 8.83. The van der Waals surface area contributed by atoms with Gasteiger partial charge in [-0.2, -0.15) is 0 Å². The van der Waals surface area contributed by atoms with Crippen LogP contribution in [0.25, 0.3) is 10.9 Å². The highest BCUT2D eigenvalue weighted by Crippen LogP contribution is 2.13. The van der Waals surface area contributed by atoms with E-state index in [1.807, 2.05) is 24.3 Å². The lowest BCUT2D eigenvalue weighted by Gasteiger charge is -2.34. The van der Waals surface area contributed by atoms with E-state index in [1.54, 1.807) is 24.3 Å². The number of fused-ring (bicyclic) bond motifs is 1. The monoisotopic (exact) mass is 491 g/mol. The van der Waals surface area contributed by atoms with Gasteiger partial charge in [0.05, 0.1) is 10.9 Å². The molecule has 2 heterocycles. The number of aromatic nitrogens is 2. The quantitative estimate of drug-likeness (QED) is 0.340. The van der Waals surface area contributed by atoms with E-state index < -0.39 is 5.91 Å². The second-order valence-corrected chi connectivity index (χ2v) is 8.83. The van der Waals surface area contributed by atoms with Crippen LogP contribution in [0.4, 0.5) is 10.5 Å². The van der Waals surface area contributed by atoms with Crippen LogP contribution in [0.5, 0.6) is 0 Å². The molecule has 10 heteroatoms. The second kappa shape index (κ2) is 12.3. The predicted octanol–water partition coefficient (Wildman–Crippen LogP) is 2.00. The third-order valence-corrected chi connectivity index (χ3v) is 6.28. The van der Waals surface area contributed by atoms with Crippen LogP contribution in [0, 0.1) is 0 Å². The van der Waals surface area contributed by atoms with E-state index in [4.69, 9.17) is 0 Å². The Morgan fingerprint density at radius 1 is 0.944 bits per heavy atom. The Kier molecular flexibility index (Phi) is 8.64. The van der Waals surface area contributed by atoms with Crippen LogP contribution < -0.4 is 21.5 Å². The topological polar surface area (TPSA) is 122 Å². The SMILES string of the molecule is CCN1CCN(Cc2ccc(NC(=O)NCCCNC(=O)c3nc4ccccc4c(=O)[nH]3)cc2)CC1. The number of amides is 3. The van der Waals surface area contributed by atoms with Gasteiger partial charge in [-0.1, -0.05) is 31.2 Å². The molecule has 3 aromatic rings. The van der Waals surface area contributed by atoms with Crippen molar-refractivity contribution in [2.24, 2.45) is 0 Å². The van der Waals surface area contributed by atoms with Crippen molar-refractivity contribution in [2.75, 3.05) is 51.1 Å². The molecule has 4 rings (SSSR count). The smallest absolute Gasteiger partial charge is 0.319 e. The molecule has 1 saturated heterocycles. The molecule has 0 spiro atoms. The number of para-hydroxylation sites is 1. The maximum atomic E-state index is 12.3. The molecule has 0 unspecified atom stereocenters. The molecule has 1 aromatic heterocycles. The molecule has 1 fully saturated rings. The van der Waals surface area contributed by atoms with Crippen LogP contribution in [0.1, 0.15) is 29.5 Å². The lowest BCUT2D eigenvalue weighted by molar-refractivity contribution is 0.0943. The Morgan fingerprint density at radius 3 is 2.39 bits per heavy atom. The van der Waals surface area contributed by atoms with Crippen molar-refractivity contribution in [3.05, 3.63) is 70.3 Å². The number of H-pyrrole nitrogens is 1. The van der Waals surface area contributed by atoms with Gasteiger partial charge in [0.2, 0.25) is 0 Å². The Balaban J connectivity index is 1.14. The average Bonchev–Trinajstić information content (AvgIpc) is 2.90. The van der Waals surface area contributed by atoms with Gasteiger partial charge in [0.25, 0.3) is 11.5 Å². The number of nitrogens with one attached hydrogen (secondary N) is 4. The van der Waals surface area contributed by atoms with Crippen molar-refractivity contribution >= 4 is 28.5 Å². The van der Waals surface area contributed by atoms with Gasteiger partial charge in [-0.25, -0.2) is 9.78 Å². The summed E-state index contributed by atoms with van der Waals surface area (Å²) in [5.74, 6) is -0.495. The molecule has 4 N–H and O–H groups in total.